The molecule has 3 fully saturated rings. The number of Topliss-reactive ketones (excluding diaryl/α,β-unsaturated/α-hetero) is 1. The van der Waals surface area contributed by atoms with Crippen LogP contribution in [0, 0.1) is 17.7 Å². The summed E-state index contributed by atoms with van der Waals surface area (Å²) in [4.78, 5) is 26.9. The van der Waals surface area contributed by atoms with Crippen LogP contribution in [0.1, 0.15) is 34.1 Å². The highest BCUT2D eigenvalue weighted by Gasteiger charge is 2.47. The Bertz CT molecular complexity index is 1140. The molecule has 3 aromatic rings. The molecule has 2 atom stereocenters. The summed E-state index contributed by atoms with van der Waals surface area (Å²) in [7, 11) is 0. The van der Waals surface area contributed by atoms with E-state index in [9.17, 15) is 14.0 Å². The van der Waals surface area contributed by atoms with Crippen molar-refractivity contribution in [2.24, 2.45) is 11.8 Å². The summed E-state index contributed by atoms with van der Waals surface area (Å²) in [6.07, 6.45) is 2.13. The van der Waals surface area contributed by atoms with E-state index in [1.807, 2.05) is 47.8 Å². The van der Waals surface area contributed by atoms with Crippen LogP contribution in [0.25, 0.3) is 0 Å². The Morgan fingerprint density at radius 1 is 1.03 bits per heavy atom. The van der Waals surface area contributed by atoms with Crippen molar-refractivity contribution in [3.8, 4) is 0 Å². The first kappa shape index (κ1) is 23.7. The number of hydrogen-bond donors (Lipinski definition) is 1. The molecule has 2 aromatic carbocycles. The Morgan fingerprint density at radius 3 is 2.46 bits per heavy atom. The molecule has 182 valence electrons. The number of anilines is 1. The van der Waals surface area contributed by atoms with Crippen LogP contribution < -0.4 is 5.32 Å². The van der Waals surface area contributed by atoms with Crippen LogP contribution in [0.2, 0.25) is 0 Å². The van der Waals surface area contributed by atoms with Crippen molar-refractivity contribution < 1.29 is 23.2 Å². The summed E-state index contributed by atoms with van der Waals surface area (Å²) in [5, 5.41) is 5.15. The maximum atomic E-state index is 13.4. The van der Waals surface area contributed by atoms with Gasteiger partial charge in [0.2, 0.25) is 5.78 Å². The summed E-state index contributed by atoms with van der Waals surface area (Å²) in [6, 6.07) is 18.5. The van der Waals surface area contributed by atoms with Gasteiger partial charge in [-0.3, -0.25) is 4.79 Å². The predicted molar refractivity (Wildman–Crippen MR) is 135 cm³/mol. The first-order chi connectivity index (χ1) is 17.0. The van der Waals surface area contributed by atoms with Gasteiger partial charge in [-0.25, -0.2) is 9.18 Å². The summed E-state index contributed by atoms with van der Waals surface area (Å²) < 4.78 is 20.1. The second kappa shape index (κ2) is 10.3. The van der Waals surface area contributed by atoms with Gasteiger partial charge in [-0.15, -0.1) is 11.3 Å². The molecule has 35 heavy (non-hydrogen) atoms. The van der Waals surface area contributed by atoms with Crippen molar-refractivity contribution in [2.75, 3.05) is 38.1 Å². The fourth-order valence-electron chi connectivity index (χ4n) is 5.58. The number of quaternary nitrogens is 1. The van der Waals surface area contributed by atoms with Gasteiger partial charge in [-0.1, -0.05) is 36.4 Å². The third-order valence-electron chi connectivity index (χ3n) is 7.48. The monoisotopic (exact) mass is 493 g/mol. The molecular weight excluding hydrogens is 463 g/mol. The summed E-state index contributed by atoms with van der Waals surface area (Å²) >= 11 is 1.50. The number of fused-ring (bicyclic) bond motifs is 3. The maximum absolute atomic E-state index is 13.4. The average Bonchev–Trinajstić information content (AvgIpc) is 3.43. The van der Waals surface area contributed by atoms with Crippen molar-refractivity contribution in [3.05, 3.63) is 88.4 Å². The zero-order chi connectivity index (χ0) is 24.3. The van der Waals surface area contributed by atoms with E-state index in [-0.39, 0.29) is 23.5 Å². The zero-order valence-electron chi connectivity index (χ0n) is 19.6. The molecule has 3 aliphatic heterocycles. The molecule has 6 rings (SSSR count). The van der Waals surface area contributed by atoms with Crippen molar-refractivity contribution in [1.82, 2.24) is 0 Å². The molecule has 4 heterocycles. The Balaban J connectivity index is 1.25. The quantitative estimate of drug-likeness (QED) is 0.249. The molecule has 1 N–H and O–H groups in total. The molecule has 3 aliphatic rings. The van der Waals surface area contributed by atoms with E-state index in [0.717, 1.165) is 47.4 Å². The normalized spacial score (nSPS) is 24.0. The van der Waals surface area contributed by atoms with Gasteiger partial charge in [0.25, 0.3) is 0 Å². The first-order valence-electron chi connectivity index (χ1n) is 12.2. The number of nitrogens with zero attached hydrogens (tertiary/aromatic N) is 1. The Kier molecular flexibility index (Phi) is 6.97. The van der Waals surface area contributed by atoms with Gasteiger partial charge in [-0.2, -0.15) is 0 Å². The lowest BCUT2D eigenvalue weighted by Gasteiger charge is -2.52. The highest BCUT2D eigenvalue weighted by Crippen LogP contribution is 2.38. The van der Waals surface area contributed by atoms with E-state index in [1.54, 1.807) is 12.1 Å². The van der Waals surface area contributed by atoms with Crippen molar-refractivity contribution in [3.63, 3.8) is 0 Å². The summed E-state index contributed by atoms with van der Waals surface area (Å²) in [6.45, 7) is 3.79. The lowest BCUT2D eigenvalue weighted by molar-refractivity contribution is -0.939. The fourth-order valence-corrected chi connectivity index (χ4v) is 6.23. The smallest absolute Gasteiger partial charge is 0.333 e. The molecule has 2 unspecified atom stereocenters. The predicted octanol–water partition coefficient (Wildman–Crippen LogP) is 5.32. The SMILES string of the molecule is O=C(C[N+]12CCC(CC1)C(COC(=O)C(Nc1ccc(F)cc1)c1ccccc1)C2)c1cccs1. The molecule has 0 radical (unpaired) electrons. The van der Waals surface area contributed by atoms with Crippen LogP contribution in [-0.4, -0.2) is 49.0 Å². The topological polar surface area (TPSA) is 55.4 Å². The van der Waals surface area contributed by atoms with E-state index >= 15 is 0 Å². The third kappa shape index (κ3) is 5.46. The maximum Gasteiger partial charge on any atom is 0.333 e. The molecule has 0 spiro atoms. The van der Waals surface area contributed by atoms with Crippen LogP contribution in [0.5, 0.6) is 0 Å². The van der Waals surface area contributed by atoms with E-state index in [2.05, 4.69) is 5.32 Å². The van der Waals surface area contributed by atoms with Gasteiger partial charge in [-0.05, 0) is 47.2 Å². The number of carbonyl (C=O) groups is 2. The number of rotatable bonds is 9. The second-order valence-electron chi connectivity index (χ2n) is 9.75. The number of halogens is 1. The van der Waals surface area contributed by atoms with Crippen LogP contribution in [0.15, 0.2) is 72.1 Å². The van der Waals surface area contributed by atoms with E-state index in [0.29, 0.717) is 24.8 Å². The molecule has 5 nitrogen and oxygen atoms in total. The zero-order valence-corrected chi connectivity index (χ0v) is 20.4. The minimum atomic E-state index is -0.689. The minimum absolute atomic E-state index is 0.212. The van der Waals surface area contributed by atoms with Crippen molar-refractivity contribution in [2.45, 2.75) is 18.9 Å². The Labute approximate surface area is 209 Å². The fraction of sp³-hybridized carbons (Fsp3) is 0.357. The largest absolute Gasteiger partial charge is 0.463 e. The van der Waals surface area contributed by atoms with Crippen LogP contribution in [-0.2, 0) is 9.53 Å². The number of hydrogen-bond acceptors (Lipinski definition) is 5. The van der Waals surface area contributed by atoms with Crippen LogP contribution >= 0.6 is 11.3 Å². The molecule has 7 heteroatoms. The lowest BCUT2D eigenvalue weighted by Crippen LogP contribution is -2.64. The van der Waals surface area contributed by atoms with Gasteiger partial charge in [0.15, 0.2) is 6.04 Å². The number of thiophene rings is 1. The molecule has 2 bridgehead atoms. The minimum Gasteiger partial charge on any atom is -0.463 e. The Hall–Kier alpha value is -3.03. The molecule has 0 aliphatic carbocycles. The van der Waals surface area contributed by atoms with E-state index in [1.165, 1.54) is 23.5 Å². The van der Waals surface area contributed by atoms with Gasteiger partial charge in [0.1, 0.15) is 12.4 Å². The van der Waals surface area contributed by atoms with Gasteiger partial charge in [0.05, 0.1) is 31.1 Å². The molecule has 3 saturated heterocycles. The van der Waals surface area contributed by atoms with Crippen LogP contribution in [0.4, 0.5) is 10.1 Å². The Morgan fingerprint density at radius 2 is 1.77 bits per heavy atom. The van der Waals surface area contributed by atoms with Gasteiger partial charge < -0.3 is 14.5 Å². The molecule has 0 amide bonds. The van der Waals surface area contributed by atoms with Gasteiger partial charge >= 0.3 is 5.97 Å². The summed E-state index contributed by atoms with van der Waals surface area (Å²) in [5.74, 6) is 0.313. The highest BCUT2D eigenvalue weighted by atomic mass is 32.1. The third-order valence-corrected chi connectivity index (χ3v) is 8.39. The number of esters is 1. The molecule has 0 saturated carbocycles. The lowest BCUT2D eigenvalue weighted by atomic mass is 9.77. The number of benzene rings is 2. The van der Waals surface area contributed by atoms with Gasteiger partial charge in [0, 0.05) is 24.4 Å². The van der Waals surface area contributed by atoms with Crippen LogP contribution in [0.3, 0.4) is 0 Å². The first-order valence-corrected chi connectivity index (χ1v) is 13.0. The molecule has 1 aromatic heterocycles. The van der Waals surface area contributed by atoms with E-state index < -0.39 is 6.04 Å². The summed E-state index contributed by atoms with van der Waals surface area (Å²) in [5.41, 5.74) is 1.44. The van der Waals surface area contributed by atoms with Crippen molar-refractivity contribution >= 4 is 28.8 Å². The average molecular weight is 494 g/mol. The number of piperidine rings is 3. The number of ketones is 1. The number of carbonyl (C=O) groups excluding carboxylic acids is 2. The van der Waals surface area contributed by atoms with Crippen molar-refractivity contribution in [1.29, 1.82) is 0 Å². The second-order valence-corrected chi connectivity index (χ2v) is 10.7. The number of ether oxygens (including phenoxy) is 1. The molecular formula is C28H30FN2O3S+. The highest BCUT2D eigenvalue weighted by molar-refractivity contribution is 7.12. The standard InChI is InChI=1S/C28H30FN2O3S/c29-23-8-10-24(11-9-23)30-27(21-5-2-1-3-6-21)28(33)34-19-22-17-31(14-12-20(22)13-15-31)18-25(32)26-7-4-16-35-26/h1-11,16,20,22,27,30H,12-15,17-19H2/q+1. The number of nitrogens with one attached hydrogen (secondary N) is 1. The van der Waals surface area contributed by atoms with E-state index in [4.69, 9.17) is 4.74 Å².